The third-order valence-corrected chi connectivity index (χ3v) is 2.38. The van der Waals surface area contributed by atoms with Gasteiger partial charge < -0.3 is 10.4 Å². The van der Waals surface area contributed by atoms with E-state index < -0.39 is 5.97 Å². The van der Waals surface area contributed by atoms with Gasteiger partial charge in [-0.05, 0) is 19.1 Å². The first-order chi connectivity index (χ1) is 9.01. The van der Waals surface area contributed by atoms with Crippen LogP contribution in [0.25, 0.3) is 0 Å². The number of hydrogen-bond donors (Lipinski definition) is 2. The molecule has 0 radical (unpaired) electrons. The molecule has 0 aliphatic rings. The minimum absolute atomic E-state index is 0.0512. The highest BCUT2D eigenvalue weighted by Gasteiger charge is 2.13. The van der Waals surface area contributed by atoms with E-state index in [1.165, 1.54) is 4.90 Å². The number of rotatable bonds is 6. The van der Waals surface area contributed by atoms with Crippen molar-refractivity contribution in [2.75, 3.05) is 25.0 Å². The number of hydrogen-bond acceptors (Lipinski definition) is 3. The topological polar surface area (TPSA) is 69.6 Å². The molecule has 5 nitrogen and oxygen atoms in total. The van der Waals surface area contributed by atoms with E-state index in [1.54, 1.807) is 12.1 Å². The Morgan fingerprint density at radius 3 is 2.47 bits per heavy atom. The van der Waals surface area contributed by atoms with Crippen LogP contribution in [0, 0.1) is 19.3 Å². The summed E-state index contributed by atoms with van der Waals surface area (Å²) in [7, 11) is 0. The van der Waals surface area contributed by atoms with Crippen molar-refractivity contribution >= 4 is 17.6 Å². The first-order valence-corrected chi connectivity index (χ1v) is 5.75. The van der Waals surface area contributed by atoms with Crippen molar-refractivity contribution in [1.82, 2.24) is 4.90 Å². The Hall–Kier alpha value is -2.32. The van der Waals surface area contributed by atoms with Crippen LogP contribution in [0.3, 0.4) is 0 Å². The summed E-state index contributed by atoms with van der Waals surface area (Å²) in [5, 5.41) is 11.4. The summed E-state index contributed by atoms with van der Waals surface area (Å²) in [6.07, 6.45) is 5.13. The second kappa shape index (κ2) is 7.19. The van der Waals surface area contributed by atoms with Gasteiger partial charge in [0.1, 0.15) is 0 Å². The van der Waals surface area contributed by atoms with E-state index >= 15 is 0 Å². The highest BCUT2D eigenvalue weighted by Crippen LogP contribution is 2.08. The second-order valence-electron chi connectivity index (χ2n) is 4.16. The van der Waals surface area contributed by atoms with E-state index in [-0.39, 0.29) is 25.5 Å². The Balaban J connectivity index is 2.55. The van der Waals surface area contributed by atoms with Gasteiger partial charge in [0.15, 0.2) is 0 Å². The Morgan fingerprint density at radius 1 is 1.32 bits per heavy atom. The van der Waals surface area contributed by atoms with Crippen LogP contribution < -0.4 is 5.32 Å². The SMILES string of the molecule is C#CCN(CC(=O)O)CC(=O)Nc1ccc(C)cc1. The van der Waals surface area contributed by atoms with Crippen molar-refractivity contribution < 1.29 is 14.7 Å². The van der Waals surface area contributed by atoms with Crippen molar-refractivity contribution in [3.63, 3.8) is 0 Å². The summed E-state index contributed by atoms with van der Waals surface area (Å²) >= 11 is 0. The number of carbonyl (C=O) groups excluding carboxylic acids is 1. The highest BCUT2D eigenvalue weighted by atomic mass is 16.4. The van der Waals surface area contributed by atoms with Crippen molar-refractivity contribution in [1.29, 1.82) is 0 Å². The number of carboxylic acid groups (broad SMARTS) is 1. The summed E-state index contributed by atoms with van der Waals surface area (Å²) in [5.41, 5.74) is 1.77. The number of aryl methyl sites for hydroxylation is 1. The van der Waals surface area contributed by atoms with Gasteiger partial charge in [-0.2, -0.15) is 0 Å². The van der Waals surface area contributed by atoms with Crippen LogP contribution in [0.1, 0.15) is 5.56 Å². The maximum Gasteiger partial charge on any atom is 0.317 e. The number of terminal acetylenes is 1. The minimum Gasteiger partial charge on any atom is -0.480 e. The molecule has 0 spiro atoms. The first-order valence-electron chi connectivity index (χ1n) is 5.75. The lowest BCUT2D eigenvalue weighted by Crippen LogP contribution is -2.37. The molecule has 5 heteroatoms. The molecule has 0 aliphatic carbocycles. The van der Waals surface area contributed by atoms with Crippen LogP contribution in [0.4, 0.5) is 5.69 Å². The molecule has 0 bridgehead atoms. The van der Waals surface area contributed by atoms with Crippen LogP contribution >= 0.6 is 0 Å². The van der Waals surface area contributed by atoms with Gasteiger partial charge in [0, 0.05) is 5.69 Å². The molecule has 0 unspecified atom stereocenters. The van der Waals surface area contributed by atoms with Crippen molar-refractivity contribution in [2.45, 2.75) is 6.92 Å². The van der Waals surface area contributed by atoms with Crippen LogP contribution in [-0.2, 0) is 9.59 Å². The number of nitrogens with zero attached hydrogens (tertiary/aromatic N) is 1. The zero-order valence-electron chi connectivity index (χ0n) is 10.7. The number of anilines is 1. The Labute approximate surface area is 112 Å². The van der Waals surface area contributed by atoms with E-state index in [4.69, 9.17) is 11.5 Å². The Bertz CT molecular complexity index is 488. The number of aliphatic carboxylic acids is 1. The maximum absolute atomic E-state index is 11.7. The Morgan fingerprint density at radius 2 is 1.95 bits per heavy atom. The number of carboxylic acids is 1. The van der Waals surface area contributed by atoms with Gasteiger partial charge in [-0.3, -0.25) is 14.5 Å². The minimum atomic E-state index is -1.02. The third-order valence-electron chi connectivity index (χ3n) is 2.38. The van der Waals surface area contributed by atoms with Crippen molar-refractivity contribution in [3.05, 3.63) is 29.8 Å². The zero-order valence-corrected chi connectivity index (χ0v) is 10.7. The summed E-state index contributed by atoms with van der Waals surface area (Å²) in [4.78, 5) is 23.8. The molecule has 0 aromatic heterocycles. The normalized spacial score (nSPS) is 9.95. The van der Waals surface area contributed by atoms with Gasteiger partial charge in [-0.15, -0.1) is 6.42 Å². The monoisotopic (exact) mass is 260 g/mol. The first kappa shape index (κ1) is 14.7. The molecule has 0 saturated carbocycles. The third kappa shape index (κ3) is 5.70. The van der Waals surface area contributed by atoms with Crippen molar-refractivity contribution in [3.8, 4) is 12.3 Å². The lowest BCUT2D eigenvalue weighted by Gasteiger charge is -2.16. The molecular formula is C14H16N2O3. The van der Waals surface area contributed by atoms with E-state index in [0.717, 1.165) is 5.56 Å². The summed E-state index contributed by atoms with van der Waals surface area (Å²) in [6.45, 7) is 1.76. The average molecular weight is 260 g/mol. The molecular weight excluding hydrogens is 244 g/mol. The summed E-state index contributed by atoms with van der Waals surface area (Å²) in [5.74, 6) is 1.03. The lowest BCUT2D eigenvalue weighted by molar-refractivity contribution is -0.138. The van der Waals surface area contributed by atoms with E-state index in [1.807, 2.05) is 19.1 Å². The molecule has 0 heterocycles. The standard InChI is InChI=1S/C14H16N2O3/c1-3-8-16(10-14(18)19)9-13(17)15-12-6-4-11(2)5-7-12/h1,4-7H,8-10H2,2H3,(H,15,17)(H,18,19). The molecule has 1 aromatic rings. The van der Waals surface area contributed by atoms with Gasteiger partial charge in [-0.1, -0.05) is 23.6 Å². The van der Waals surface area contributed by atoms with Gasteiger partial charge in [-0.25, -0.2) is 0 Å². The van der Waals surface area contributed by atoms with Gasteiger partial charge in [0.25, 0.3) is 0 Å². The zero-order chi connectivity index (χ0) is 14.3. The molecule has 1 amide bonds. The fourth-order valence-electron chi connectivity index (χ4n) is 1.53. The molecule has 100 valence electrons. The number of amides is 1. The smallest absolute Gasteiger partial charge is 0.317 e. The van der Waals surface area contributed by atoms with E-state index in [0.29, 0.717) is 5.69 Å². The summed E-state index contributed by atoms with van der Waals surface area (Å²) in [6, 6.07) is 7.34. The molecule has 1 aromatic carbocycles. The molecule has 0 aliphatic heterocycles. The van der Waals surface area contributed by atoms with Gasteiger partial charge >= 0.3 is 5.97 Å². The largest absolute Gasteiger partial charge is 0.480 e. The average Bonchev–Trinajstić information content (AvgIpc) is 2.31. The highest BCUT2D eigenvalue weighted by molar-refractivity contribution is 5.92. The molecule has 0 fully saturated rings. The number of benzene rings is 1. The van der Waals surface area contributed by atoms with E-state index in [2.05, 4.69) is 11.2 Å². The lowest BCUT2D eigenvalue weighted by atomic mass is 10.2. The van der Waals surface area contributed by atoms with Gasteiger partial charge in [0.05, 0.1) is 19.6 Å². The van der Waals surface area contributed by atoms with Gasteiger partial charge in [0.2, 0.25) is 5.91 Å². The molecule has 0 saturated heterocycles. The van der Waals surface area contributed by atoms with Crippen molar-refractivity contribution in [2.24, 2.45) is 0 Å². The fraction of sp³-hybridized carbons (Fsp3) is 0.286. The fourth-order valence-corrected chi connectivity index (χ4v) is 1.53. The molecule has 19 heavy (non-hydrogen) atoms. The van der Waals surface area contributed by atoms with Crippen LogP contribution in [0.5, 0.6) is 0 Å². The predicted octanol–water partition coefficient (Wildman–Crippen LogP) is 0.953. The van der Waals surface area contributed by atoms with Crippen LogP contribution in [0.15, 0.2) is 24.3 Å². The maximum atomic E-state index is 11.7. The molecule has 1 rings (SSSR count). The molecule has 2 N–H and O–H groups in total. The molecule has 0 atom stereocenters. The van der Waals surface area contributed by atoms with E-state index in [9.17, 15) is 9.59 Å². The predicted molar refractivity (Wildman–Crippen MR) is 72.7 cm³/mol. The van der Waals surface area contributed by atoms with Crippen LogP contribution in [0.2, 0.25) is 0 Å². The summed E-state index contributed by atoms with van der Waals surface area (Å²) < 4.78 is 0. The quantitative estimate of drug-likeness (QED) is 0.747. The Kier molecular flexibility index (Phi) is 5.58. The number of carbonyl (C=O) groups is 2. The number of nitrogens with one attached hydrogen (secondary N) is 1. The second-order valence-corrected chi connectivity index (χ2v) is 4.16. The van der Waals surface area contributed by atoms with Crippen LogP contribution in [-0.4, -0.2) is 41.5 Å².